The molecule has 2 N–H and O–H groups in total. The predicted octanol–water partition coefficient (Wildman–Crippen LogP) is 4.93. The zero-order valence-electron chi connectivity index (χ0n) is 7.34. The predicted molar refractivity (Wildman–Crippen MR) is 72.4 cm³/mol. The largest absolute Gasteiger partial charge is 0.320 e. The summed E-state index contributed by atoms with van der Waals surface area (Å²) in [7, 11) is 0. The molecule has 6 heteroatoms. The van der Waals surface area contributed by atoms with Gasteiger partial charge in [-0.1, -0.05) is 23.2 Å². The second-order valence-corrected chi connectivity index (χ2v) is 7.68. The Kier molecular flexibility index (Phi) is 3.75. The molecule has 0 radical (unpaired) electrons. The van der Waals surface area contributed by atoms with Crippen LogP contribution in [0.2, 0.25) is 8.67 Å². The lowest BCUT2D eigenvalue weighted by molar-refractivity contribution is 0.900. The Morgan fingerprint density at radius 2 is 2.00 bits per heavy atom. The highest BCUT2D eigenvalue weighted by atomic mass is 79.9. The zero-order valence-corrected chi connectivity index (χ0v) is 12.1. The van der Waals surface area contributed by atoms with Crippen molar-refractivity contribution in [2.45, 2.75) is 6.04 Å². The van der Waals surface area contributed by atoms with E-state index in [0.29, 0.717) is 8.67 Å². The molecule has 0 aliphatic heterocycles. The first kappa shape index (κ1) is 11.9. The quantitative estimate of drug-likeness (QED) is 0.822. The average molecular weight is 343 g/mol. The van der Waals surface area contributed by atoms with E-state index in [4.69, 9.17) is 28.9 Å². The van der Waals surface area contributed by atoms with E-state index >= 15 is 0 Å². The van der Waals surface area contributed by atoms with Crippen molar-refractivity contribution in [2.24, 2.45) is 5.73 Å². The minimum atomic E-state index is -0.197. The van der Waals surface area contributed by atoms with Crippen LogP contribution in [0.15, 0.2) is 22.0 Å². The lowest BCUT2D eigenvalue weighted by Crippen LogP contribution is -2.09. The van der Waals surface area contributed by atoms with E-state index in [0.717, 1.165) is 14.2 Å². The molecule has 0 saturated carbocycles. The van der Waals surface area contributed by atoms with Crippen LogP contribution < -0.4 is 5.73 Å². The second-order valence-electron chi connectivity index (χ2n) is 2.90. The highest BCUT2D eigenvalue weighted by Gasteiger charge is 2.17. The van der Waals surface area contributed by atoms with Crippen molar-refractivity contribution in [1.29, 1.82) is 0 Å². The van der Waals surface area contributed by atoms with Crippen LogP contribution in [0.25, 0.3) is 0 Å². The van der Waals surface area contributed by atoms with Gasteiger partial charge in [0.25, 0.3) is 0 Å². The first-order valence-electron chi connectivity index (χ1n) is 4.03. The third kappa shape index (κ3) is 2.57. The molecule has 2 aromatic heterocycles. The molecule has 0 aromatic carbocycles. The molecule has 0 aliphatic rings. The van der Waals surface area contributed by atoms with E-state index in [-0.39, 0.29) is 6.04 Å². The van der Waals surface area contributed by atoms with Gasteiger partial charge >= 0.3 is 0 Å². The van der Waals surface area contributed by atoms with Gasteiger partial charge in [-0.25, -0.2) is 0 Å². The van der Waals surface area contributed by atoms with Gasteiger partial charge in [0.1, 0.15) is 0 Å². The summed E-state index contributed by atoms with van der Waals surface area (Å²) in [6.07, 6.45) is 0. The molecule has 0 saturated heterocycles. The van der Waals surface area contributed by atoms with Crippen LogP contribution >= 0.6 is 61.8 Å². The third-order valence-corrected chi connectivity index (χ3v) is 5.14. The van der Waals surface area contributed by atoms with E-state index in [1.54, 1.807) is 11.3 Å². The summed E-state index contributed by atoms with van der Waals surface area (Å²) in [4.78, 5) is 1.07. The Labute approximate surface area is 114 Å². The summed E-state index contributed by atoms with van der Waals surface area (Å²) in [6.45, 7) is 0. The van der Waals surface area contributed by atoms with Gasteiger partial charge in [-0.2, -0.15) is 0 Å². The molecule has 0 bridgehead atoms. The lowest BCUT2D eigenvalue weighted by Gasteiger charge is -2.07. The number of rotatable bonds is 2. The SMILES string of the molecule is NC(c1ccc(Br)s1)c1cc(Cl)sc1Cl. The van der Waals surface area contributed by atoms with Gasteiger partial charge in [0.15, 0.2) is 0 Å². The number of halogens is 3. The van der Waals surface area contributed by atoms with Crippen molar-refractivity contribution in [3.8, 4) is 0 Å². The van der Waals surface area contributed by atoms with Gasteiger partial charge in [0.2, 0.25) is 0 Å². The second kappa shape index (κ2) is 4.73. The summed E-state index contributed by atoms with van der Waals surface area (Å²) in [6, 6.07) is 5.59. The maximum Gasteiger partial charge on any atom is 0.0995 e. The van der Waals surface area contributed by atoms with E-state index in [9.17, 15) is 0 Å². The Bertz CT molecular complexity index is 480. The van der Waals surface area contributed by atoms with Gasteiger partial charge < -0.3 is 5.73 Å². The first-order chi connectivity index (χ1) is 7.08. The van der Waals surface area contributed by atoms with Gasteiger partial charge in [-0.15, -0.1) is 22.7 Å². The van der Waals surface area contributed by atoms with Crippen molar-refractivity contribution in [2.75, 3.05) is 0 Å². The number of nitrogens with two attached hydrogens (primary N) is 1. The molecule has 0 aliphatic carbocycles. The summed E-state index contributed by atoms with van der Waals surface area (Å²) < 4.78 is 2.39. The monoisotopic (exact) mass is 341 g/mol. The van der Waals surface area contributed by atoms with Crippen LogP contribution in [0, 0.1) is 0 Å². The molecular formula is C9H6BrCl2NS2. The van der Waals surface area contributed by atoms with E-state index in [1.807, 2.05) is 18.2 Å². The topological polar surface area (TPSA) is 26.0 Å². The van der Waals surface area contributed by atoms with Crippen LogP contribution in [0.5, 0.6) is 0 Å². The molecule has 0 spiro atoms. The summed E-state index contributed by atoms with van der Waals surface area (Å²) in [5.41, 5.74) is 6.99. The fourth-order valence-electron chi connectivity index (χ4n) is 1.21. The average Bonchev–Trinajstić information content (AvgIpc) is 2.71. The molecule has 2 rings (SSSR count). The minimum absolute atomic E-state index is 0.197. The van der Waals surface area contributed by atoms with E-state index < -0.39 is 0 Å². The molecular weight excluding hydrogens is 337 g/mol. The van der Waals surface area contributed by atoms with Gasteiger partial charge in [0.05, 0.1) is 18.5 Å². The summed E-state index contributed by atoms with van der Waals surface area (Å²) in [5, 5.41) is 0. The van der Waals surface area contributed by atoms with Crippen LogP contribution in [0.3, 0.4) is 0 Å². The first-order valence-corrected chi connectivity index (χ1v) is 7.21. The Morgan fingerprint density at radius 1 is 1.27 bits per heavy atom. The third-order valence-electron chi connectivity index (χ3n) is 1.92. The van der Waals surface area contributed by atoms with E-state index in [1.165, 1.54) is 11.3 Å². The van der Waals surface area contributed by atoms with Crippen molar-refractivity contribution in [1.82, 2.24) is 0 Å². The smallest absolute Gasteiger partial charge is 0.0995 e. The van der Waals surface area contributed by atoms with Crippen molar-refractivity contribution in [3.05, 3.63) is 41.1 Å². The zero-order chi connectivity index (χ0) is 11.0. The van der Waals surface area contributed by atoms with E-state index in [2.05, 4.69) is 15.9 Å². The molecule has 2 heterocycles. The molecule has 2 aromatic rings. The van der Waals surface area contributed by atoms with Gasteiger partial charge in [-0.3, -0.25) is 0 Å². The van der Waals surface area contributed by atoms with Gasteiger partial charge in [-0.05, 0) is 34.1 Å². The molecule has 1 nitrogen and oxygen atoms in total. The van der Waals surface area contributed by atoms with Crippen molar-refractivity contribution in [3.63, 3.8) is 0 Å². The molecule has 80 valence electrons. The summed E-state index contributed by atoms with van der Waals surface area (Å²) >= 11 is 18.3. The minimum Gasteiger partial charge on any atom is -0.320 e. The number of hydrogen-bond donors (Lipinski definition) is 1. The fraction of sp³-hybridized carbons (Fsp3) is 0.111. The standard InChI is InChI=1S/C9H6BrCl2NS2/c10-6-2-1-5(14-6)8(13)4-3-7(11)15-9(4)12/h1-3,8H,13H2. The number of hydrogen-bond acceptors (Lipinski definition) is 3. The molecule has 1 atom stereocenters. The lowest BCUT2D eigenvalue weighted by atomic mass is 10.1. The Morgan fingerprint density at radius 3 is 2.47 bits per heavy atom. The summed E-state index contributed by atoms with van der Waals surface area (Å²) in [5.74, 6) is 0. The van der Waals surface area contributed by atoms with Crippen LogP contribution in [0.1, 0.15) is 16.5 Å². The molecule has 0 amide bonds. The Balaban J connectivity index is 2.35. The highest BCUT2D eigenvalue weighted by Crippen LogP contribution is 2.38. The van der Waals surface area contributed by atoms with Crippen LogP contribution in [-0.4, -0.2) is 0 Å². The van der Waals surface area contributed by atoms with Gasteiger partial charge in [0, 0.05) is 10.4 Å². The van der Waals surface area contributed by atoms with Crippen LogP contribution in [0.4, 0.5) is 0 Å². The fourth-order valence-corrected chi connectivity index (χ4v) is 4.21. The maximum absolute atomic E-state index is 6.10. The molecule has 1 unspecified atom stereocenters. The van der Waals surface area contributed by atoms with Crippen molar-refractivity contribution < 1.29 is 0 Å². The van der Waals surface area contributed by atoms with Crippen molar-refractivity contribution >= 4 is 61.8 Å². The highest BCUT2D eigenvalue weighted by molar-refractivity contribution is 9.11. The molecule has 15 heavy (non-hydrogen) atoms. The normalized spacial score (nSPS) is 13.1. The van der Waals surface area contributed by atoms with Crippen LogP contribution in [-0.2, 0) is 0 Å². The maximum atomic E-state index is 6.10. The number of thiophene rings is 2. The Hall–Kier alpha value is 0.420. The molecule has 0 fully saturated rings.